The van der Waals surface area contributed by atoms with E-state index in [1.54, 1.807) is 18.4 Å². The standard InChI is InChI=1S/C20H28N4O2S/c1-22-6-8-24(9-7-22)14-16-4-3-5-17(12-16)20-21-18(15-27-20)13-19(26)23(2)10-11-25/h3-5,12,15,25H,6-11,13-14H2,1-2H3. The molecule has 0 unspecified atom stereocenters. The number of aliphatic hydroxyl groups excluding tert-OH is 1. The molecule has 0 bridgehead atoms. The summed E-state index contributed by atoms with van der Waals surface area (Å²) in [5, 5.41) is 11.8. The minimum atomic E-state index is -0.0234. The fraction of sp³-hybridized carbons (Fsp3) is 0.500. The highest BCUT2D eigenvalue weighted by Gasteiger charge is 2.15. The van der Waals surface area contributed by atoms with E-state index in [-0.39, 0.29) is 18.9 Å². The molecule has 2 aromatic rings. The average Bonchev–Trinajstić information content (AvgIpc) is 3.12. The quantitative estimate of drug-likeness (QED) is 0.780. The lowest BCUT2D eigenvalue weighted by Crippen LogP contribution is -2.43. The molecule has 0 aliphatic carbocycles. The van der Waals surface area contributed by atoms with Crippen LogP contribution in [0.4, 0.5) is 0 Å². The fourth-order valence-corrected chi connectivity index (χ4v) is 3.97. The Kier molecular flexibility index (Phi) is 6.95. The second-order valence-corrected chi connectivity index (χ2v) is 8.00. The van der Waals surface area contributed by atoms with Gasteiger partial charge in [0.15, 0.2) is 0 Å². The van der Waals surface area contributed by atoms with Crippen LogP contribution in [0.2, 0.25) is 0 Å². The topological polar surface area (TPSA) is 59.9 Å². The summed E-state index contributed by atoms with van der Waals surface area (Å²) in [6.45, 7) is 5.74. The molecule has 2 heterocycles. The number of hydrogen-bond donors (Lipinski definition) is 1. The molecular weight excluding hydrogens is 360 g/mol. The Bertz CT molecular complexity index is 756. The van der Waals surface area contributed by atoms with Gasteiger partial charge in [-0.15, -0.1) is 11.3 Å². The largest absolute Gasteiger partial charge is 0.395 e. The van der Waals surface area contributed by atoms with Crippen LogP contribution in [0.1, 0.15) is 11.3 Å². The van der Waals surface area contributed by atoms with Gasteiger partial charge in [-0.05, 0) is 18.7 Å². The number of likely N-dealkylation sites (N-methyl/N-ethyl adjacent to an activating group) is 2. The molecule has 1 amide bonds. The molecule has 0 spiro atoms. The van der Waals surface area contributed by atoms with Crippen molar-refractivity contribution in [2.45, 2.75) is 13.0 Å². The van der Waals surface area contributed by atoms with Gasteiger partial charge in [-0.1, -0.05) is 18.2 Å². The smallest absolute Gasteiger partial charge is 0.228 e. The van der Waals surface area contributed by atoms with E-state index >= 15 is 0 Å². The van der Waals surface area contributed by atoms with E-state index < -0.39 is 0 Å². The molecule has 1 aromatic carbocycles. The van der Waals surface area contributed by atoms with Gasteiger partial charge in [-0.25, -0.2) is 4.98 Å². The molecule has 1 aliphatic heterocycles. The molecule has 1 N–H and O–H groups in total. The highest BCUT2D eigenvalue weighted by atomic mass is 32.1. The number of rotatable bonds is 7. The summed E-state index contributed by atoms with van der Waals surface area (Å²) in [5.74, 6) is -0.0234. The highest BCUT2D eigenvalue weighted by molar-refractivity contribution is 7.13. The molecule has 0 saturated carbocycles. The molecule has 1 aromatic heterocycles. The van der Waals surface area contributed by atoms with E-state index in [4.69, 9.17) is 5.11 Å². The first-order valence-electron chi connectivity index (χ1n) is 9.34. The zero-order valence-corrected chi connectivity index (χ0v) is 16.9. The van der Waals surface area contributed by atoms with Crippen molar-refractivity contribution in [1.29, 1.82) is 0 Å². The monoisotopic (exact) mass is 388 g/mol. The predicted octanol–water partition coefficient (Wildman–Crippen LogP) is 1.55. The van der Waals surface area contributed by atoms with Crippen LogP contribution in [-0.2, 0) is 17.8 Å². The van der Waals surface area contributed by atoms with Crippen molar-refractivity contribution < 1.29 is 9.90 Å². The van der Waals surface area contributed by atoms with Gasteiger partial charge in [-0.3, -0.25) is 9.69 Å². The summed E-state index contributed by atoms with van der Waals surface area (Å²) in [5.41, 5.74) is 3.19. The van der Waals surface area contributed by atoms with Gasteiger partial charge in [0, 0.05) is 57.3 Å². The maximum atomic E-state index is 12.1. The Morgan fingerprint density at radius 1 is 1.30 bits per heavy atom. The second-order valence-electron chi connectivity index (χ2n) is 7.14. The third-order valence-corrected chi connectivity index (χ3v) is 5.86. The molecule has 0 radical (unpaired) electrons. The third kappa shape index (κ3) is 5.59. The Labute approximate surface area is 165 Å². The van der Waals surface area contributed by atoms with Gasteiger partial charge < -0.3 is 14.9 Å². The SMILES string of the molecule is CN1CCN(Cc2cccc(-c3nc(CC(=O)N(C)CCO)cs3)c2)CC1. The highest BCUT2D eigenvalue weighted by Crippen LogP contribution is 2.25. The minimum Gasteiger partial charge on any atom is -0.395 e. The van der Waals surface area contributed by atoms with E-state index in [0.717, 1.165) is 49.0 Å². The first-order chi connectivity index (χ1) is 13.0. The fourth-order valence-electron chi connectivity index (χ4n) is 3.15. The minimum absolute atomic E-state index is 0.0232. The van der Waals surface area contributed by atoms with E-state index in [9.17, 15) is 4.79 Å². The Hall–Kier alpha value is -1.80. The predicted molar refractivity (Wildman–Crippen MR) is 109 cm³/mol. The van der Waals surface area contributed by atoms with Crippen LogP contribution in [0.3, 0.4) is 0 Å². The molecule has 7 heteroatoms. The van der Waals surface area contributed by atoms with E-state index in [1.165, 1.54) is 10.5 Å². The van der Waals surface area contributed by atoms with Crippen molar-refractivity contribution in [1.82, 2.24) is 19.7 Å². The number of aromatic nitrogens is 1. The summed E-state index contributed by atoms with van der Waals surface area (Å²) in [4.78, 5) is 23.2. The Balaban J connectivity index is 1.63. The van der Waals surface area contributed by atoms with Crippen molar-refractivity contribution in [3.05, 3.63) is 40.9 Å². The van der Waals surface area contributed by atoms with Crippen molar-refractivity contribution in [2.24, 2.45) is 0 Å². The van der Waals surface area contributed by atoms with Gasteiger partial charge in [0.05, 0.1) is 18.7 Å². The van der Waals surface area contributed by atoms with Gasteiger partial charge >= 0.3 is 0 Å². The third-order valence-electron chi connectivity index (χ3n) is 4.92. The second kappa shape index (κ2) is 9.41. The maximum Gasteiger partial charge on any atom is 0.228 e. The normalized spacial score (nSPS) is 15.8. The van der Waals surface area contributed by atoms with Crippen molar-refractivity contribution in [3.63, 3.8) is 0 Å². The van der Waals surface area contributed by atoms with Crippen molar-refractivity contribution in [2.75, 3.05) is 53.4 Å². The average molecular weight is 389 g/mol. The summed E-state index contributed by atoms with van der Waals surface area (Å²) in [6, 6.07) is 8.54. The number of benzene rings is 1. The number of piperazine rings is 1. The number of hydrogen-bond acceptors (Lipinski definition) is 6. The van der Waals surface area contributed by atoms with E-state index in [1.807, 2.05) is 5.38 Å². The summed E-state index contributed by atoms with van der Waals surface area (Å²) in [7, 11) is 3.87. The molecule has 146 valence electrons. The van der Waals surface area contributed by atoms with Gasteiger partial charge in [0.2, 0.25) is 5.91 Å². The van der Waals surface area contributed by atoms with E-state index in [0.29, 0.717) is 6.54 Å². The summed E-state index contributed by atoms with van der Waals surface area (Å²) in [6.07, 6.45) is 0.272. The molecule has 3 rings (SSSR count). The van der Waals surface area contributed by atoms with Crippen LogP contribution in [0.25, 0.3) is 10.6 Å². The van der Waals surface area contributed by atoms with Crippen LogP contribution >= 0.6 is 11.3 Å². The van der Waals surface area contributed by atoms with Gasteiger partial charge in [-0.2, -0.15) is 0 Å². The Morgan fingerprint density at radius 3 is 2.81 bits per heavy atom. The maximum absolute atomic E-state index is 12.1. The number of carbonyl (C=O) groups excluding carboxylic acids is 1. The van der Waals surface area contributed by atoms with Gasteiger partial charge in [0.25, 0.3) is 0 Å². The Morgan fingerprint density at radius 2 is 2.07 bits per heavy atom. The van der Waals surface area contributed by atoms with Crippen LogP contribution in [-0.4, -0.2) is 84.1 Å². The van der Waals surface area contributed by atoms with E-state index in [2.05, 4.69) is 46.1 Å². The molecule has 1 fully saturated rings. The van der Waals surface area contributed by atoms with Crippen LogP contribution < -0.4 is 0 Å². The molecule has 27 heavy (non-hydrogen) atoms. The van der Waals surface area contributed by atoms with Crippen molar-refractivity contribution in [3.8, 4) is 10.6 Å². The number of carbonyl (C=O) groups is 1. The lowest BCUT2D eigenvalue weighted by molar-refractivity contribution is -0.129. The zero-order chi connectivity index (χ0) is 19.2. The van der Waals surface area contributed by atoms with Crippen LogP contribution in [0, 0.1) is 0 Å². The first kappa shape index (κ1) is 19.9. The summed E-state index contributed by atoms with van der Waals surface area (Å²) < 4.78 is 0. The number of amides is 1. The zero-order valence-electron chi connectivity index (χ0n) is 16.1. The van der Waals surface area contributed by atoms with Gasteiger partial charge in [0.1, 0.15) is 5.01 Å². The first-order valence-corrected chi connectivity index (χ1v) is 10.2. The molecule has 0 atom stereocenters. The number of thiazole rings is 1. The number of nitrogens with zero attached hydrogens (tertiary/aromatic N) is 4. The number of aliphatic hydroxyl groups is 1. The lowest BCUT2D eigenvalue weighted by atomic mass is 10.1. The van der Waals surface area contributed by atoms with Crippen LogP contribution in [0.5, 0.6) is 0 Å². The summed E-state index contributed by atoms with van der Waals surface area (Å²) >= 11 is 1.57. The molecule has 1 aliphatic rings. The van der Waals surface area contributed by atoms with Crippen molar-refractivity contribution >= 4 is 17.2 Å². The molecule has 1 saturated heterocycles. The van der Waals surface area contributed by atoms with Crippen LogP contribution in [0.15, 0.2) is 29.6 Å². The molecule has 6 nitrogen and oxygen atoms in total. The molecular formula is C20H28N4O2S. The lowest BCUT2D eigenvalue weighted by Gasteiger charge is -2.32.